The van der Waals surface area contributed by atoms with E-state index in [1.807, 2.05) is 26.8 Å². The average Bonchev–Trinajstić information content (AvgIpc) is 2.29. The van der Waals surface area contributed by atoms with E-state index in [9.17, 15) is 4.79 Å². The molecule has 0 saturated heterocycles. The highest BCUT2D eigenvalue weighted by atomic mass is 16.3. The lowest BCUT2D eigenvalue weighted by Gasteiger charge is -2.22. The van der Waals surface area contributed by atoms with E-state index in [1.54, 1.807) is 12.1 Å². The molecule has 4 heteroatoms. The van der Waals surface area contributed by atoms with Crippen molar-refractivity contribution in [2.24, 2.45) is 5.41 Å². The predicted molar refractivity (Wildman–Crippen MR) is 68.8 cm³/mol. The predicted octanol–water partition coefficient (Wildman–Crippen LogP) is 1.33. The molecule has 1 aromatic rings. The van der Waals surface area contributed by atoms with Crippen LogP contribution in [0.5, 0.6) is 0 Å². The third kappa shape index (κ3) is 3.75. The number of carbonyl (C=O) groups excluding carboxylic acids is 1. The van der Waals surface area contributed by atoms with Crippen LogP contribution in [0.15, 0.2) is 18.2 Å². The summed E-state index contributed by atoms with van der Waals surface area (Å²) in [6.07, 6.45) is 0. The third-order valence-electron chi connectivity index (χ3n) is 2.66. The number of rotatable bonds is 4. The molecule has 0 saturated carbocycles. The van der Waals surface area contributed by atoms with Crippen LogP contribution in [-0.2, 0) is 0 Å². The zero-order valence-electron chi connectivity index (χ0n) is 10.6. The van der Waals surface area contributed by atoms with Crippen molar-refractivity contribution in [2.45, 2.75) is 20.8 Å². The molecule has 94 valence electrons. The quantitative estimate of drug-likeness (QED) is 0.690. The standard InChI is InChI=1S/C13H20N2O2/c1-9-4-5-10(14)6-11(9)12(17)15-7-13(2,3)8-16/h4-6,16H,7-8,14H2,1-3H3,(H,15,17). The average molecular weight is 236 g/mol. The van der Waals surface area contributed by atoms with Crippen LogP contribution in [-0.4, -0.2) is 24.2 Å². The molecule has 0 aliphatic carbocycles. The molecule has 4 N–H and O–H groups in total. The highest BCUT2D eigenvalue weighted by Gasteiger charge is 2.18. The van der Waals surface area contributed by atoms with Crippen LogP contribution in [0.4, 0.5) is 5.69 Å². The highest BCUT2D eigenvalue weighted by molar-refractivity contribution is 5.96. The van der Waals surface area contributed by atoms with Gasteiger partial charge in [-0.2, -0.15) is 0 Å². The molecule has 0 unspecified atom stereocenters. The van der Waals surface area contributed by atoms with Gasteiger partial charge in [0.2, 0.25) is 0 Å². The number of hydrogen-bond donors (Lipinski definition) is 3. The molecule has 17 heavy (non-hydrogen) atoms. The number of benzene rings is 1. The Bertz CT molecular complexity index is 414. The molecule has 0 atom stereocenters. The molecule has 1 rings (SSSR count). The van der Waals surface area contributed by atoms with Crippen molar-refractivity contribution in [1.29, 1.82) is 0 Å². The van der Waals surface area contributed by atoms with Crippen molar-refractivity contribution in [2.75, 3.05) is 18.9 Å². The lowest BCUT2D eigenvalue weighted by Crippen LogP contribution is -2.36. The molecule has 0 aromatic heterocycles. The van der Waals surface area contributed by atoms with Gasteiger partial charge in [-0.15, -0.1) is 0 Å². The first kappa shape index (κ1) is 13.5. The van der Waals surface area contributed by atoms with E-state index < -0.39 is 0 Å². The third-order valence-corrected chi connectivity index (χ3v) is 2.66. The minimum atomic E-state index is -0.316. The van der Waals surface area contributed by atoms with E-state index in [0.29, 0.717) is 17.8 Å². The molecule has 0 radical (unpaired) electrons. The molecular formula is C13H20N2O2. The fourth-order valence-electron chi connectivity index (χ4n) is 1.35. The summed E-state index contributed by atoms with van der Waals surface area (Å²) in [6.45, 7) is 6.10. The first-order valence-electron chi connectivity index (χ1n) is 5.61. The largest absolute Gasteiger partial charge is 0.399 e. The van der Waals surface area contributed by atoms with Crippen molar-refractivity contribution in [3.05, 3.63) is 29.3 Å². The fraction of sp³-hybridized carbons (Fsp3) is 0.462. The van der Waals surface area contributed by atoms with Crippen LogP contribution in [0.25, 0.3) is 0 Å². The number of anilines is 1. The number of amides is 1. The van der Waals surface area contributed by atoms with Gasteiger partial charge in [0.1, 0.15) is 0 Å². The zero-order chi connectivity index (χ0) is 13.1. The second-order valence-corrected chi connectivity index (χ2v) is 5.08. The van der Waals surface area contributed by atoms with Crippen molar-refractivity contribution in [1.82, 2.24) is 5.32 Å². The monoisotopic (exact) mass is 236 g/mol. The molecule has 1 aromatic carbocycles. The maximum atomic E-state index is 11.9. The van der Waals surface area contributed by atoms with Gasteiger partial charge in [0.25, 0.3) is 5.91 Å². The van der Waals surface area contributed by atoms with Gasteiger partial charge in [0, 0.05) is 29.8 Å². The van der Waals surface area contributed by atoms with E-state index in [4.69, 9.17) is 10.8 Å². The minimum Gasteiger partial charge on any atom is -0.399 e. The Kier molecular flexibility index (Phi) is 4.12. The van der Waals surface area contributed by atoms with Gasteiger partial charge in [-0.3, -0.25) is 4.79 Å². The van der Waals surface area contributed by atoms with Crippen molar-refractivity contribution in [3.8, 4) is 0 Å². The Balaban J connectivity index is 2.74. The first-order valence-corrected chi connectivity index (χ1v) is 5.61. The van der Waals surface area contributed by atoms with E-state index >= 15 is 0 Å². The van der Waals surface area contributed by atoms with E-state index in [2.05, 4.69) is 5.32 Å². The maximum Gasteiger partial charge on any atom is 0.251 e. The Morgan fingerprint density at radius 3 is 2.71 bits per heavy atom. The number of aliphatic hydroxyl groups is 1. The summed E-state index contributed by atoms with van der Waals surface area (Å²) in [7, 11) is 0. The Morgan fingerprint density at radius 1 is 1.47 bits per heavy atom. The van der Waals surface area contributed by atoms with Crippen LogP contribution in [0.3, 0.4) is 0 Å². The van der Waals surface area contributed by atoms with Gasteiger partial charge in [0.15, 0.2) is 0 Å². The van der Waals surface area contributed by atoms with Gasteiger partial charge in [-0.25, -0.2) is 0 Å². The number of nitrogen functional groups attached to an aromatic ring is 1. The number of aryl methyl sites for hydroxylation is 1. The van der Waals surface area contributed by atoms with Crippen molar-refractivity contribution in [3.63, 3.8) is 0 Å². The van der Waals surface area contributed by atoms with E-state index in [-0.39, 0.29) is 17.9 Å². The van der Waals surface area contributed by atoms with Crippen LogP contribution in [0.2, 0.25) is 0 Å². The smallest absolute Gasteiger partial charge is 0.251 e. The summed E-state index contributed by atoms with van der Waals surface area (Å²) < 4.78 is 0. The minimum absolute atomic E-state index is 0.0309. The van der Waals surface area contributed by atoms with Gasteiger partial charge >= 0.3 is 0 Å². The SMILES string of the molecule is Cc1ccc(N)cc1C(=O)NCC(C)(C)CO. The van der Waals surface area contributed by atoms with Gasteiger partial charge in [-0.05, 0) is 24.6 Å². The topological polar surface area (TPSA) is 75.4 Å². The lowest BCUT2D eigenvalue weighted by atomic mass is 9.95. The Hall–Kier alpha value is -1.55. The van der Waals surface area contributed by atoms with Gasteiger partial charge < -0.3 is 16.2 Å². The molecule has 4 nitrogen and oxygen atoms in total. The van der Waals surface area contributed by atoms with E-state index in [1.165, 1.54) is 0 Å². The van der Waals surface area contributed by atoms with Crippen molar-refractivity contribution >= 4 is 11.6 Å². The van der Waals surface area contributed by atoms with Gasteiger partial charge in [-0.1, -0.05) is 19.9 Å². The van der Waals surface area contributed by atoms with Crippen LogP contribution < -0.4 is 11.1 Å². The molecule has 0 spiro atoms. The number of hydrogen-bond acceptors (Lipinski definition) is 3. The maximum absolute atomic E-state index is 11.9. The number of nitrogens with two attached hydrogens (primary N) is 1. The molecular weight excluding hydrogens is 216 g/mol. The normalized spacial score (nSPS) is 11.3. The highest BCUT2D eigenvalue weighted by Crippen LogP contribution is 2.14. The molecule has 0 aliphatic rings. The summed E-state index contributed by atoms with van der Waals surface area (Å²) in [5.41, 5.74) is 7.38. The van der Waals surface area contributed by atoms with Crippen LogP contribution in [0.1, 0.15) is 29.8 Å². The fourth-order valence-corrected chi connectivity index (χ4v) is 1.35. The van der Waals surface area contributed by atoms with Crippen molar-refractivity contribution < 1.29 is 9.90 Å². The summed E-state index contributed by atoms with van der Waals surface area (Å²) in [5.74, 6) is -0.156. The summed E-state index contributed by atoms with van der Waals surface area (Å²) in [4.78, 5) is 11.9. The second-order valence-electron chi connectivity index (χ2n) is 5.08. The summed E-state index contributed by atoms with van der Waals surface area (Å²) in [5, 5.41) is 11.9. The second kappa shape index (κ2) is 5.19. The molecule has 0 aliphatic heterocycles. The lowest BCUT2D eigenvalue weighted by molar-refractivity contribution is 0.0910. The molecule has 0 fully saturated rings. The number of carbonyl (C=O) groups is 1. The first-order chi connectivity index (χ1) is 7.85. The number of nitrogens with one attached hydrogen (secondary N) is 1. The molecule has 0 bridgehead atoms. The van der Waals surface area contributed by atoms with Gasteiger partial charge in [0.05, 0.1) is 0 Å². The Labute approximate surface area is 102 Å². The summed E-state index contributed by atoms with van der Waals surface area (Å²) >= 11 is 0. The van der Waals surface area contributed by atoms with Crippen LogP contribution in [0, 0.1) is 12.3 Å². The molecule has 1 amide bonds. The summed E-state index contributed by atoms with van der Waals surface area (Å²) in [6, 6.07) is 5.25. The molecule has 0 heterocycles. The van der Waals surface area contributed by atoms with E-state index in [0.717, 1.165) is 5.56 Å². The zero-order valence-corrected chi connectivity index (χ0v) is 10.6. The Morgan fingerprint density at radius 2 is 2.12 bits per heavy atom. The number of aliphatic hydroxyl groups excluding tert-OH is 1. The van der Waals surface area contributed by atoms with Crippen LogP contribution >= 0.6 is 0 Å².